The molecule has 106 valence electrons. The van der Waals surface area contributed by atoms with Crippen LogP contribution in [0, 0.1) is 19.7 Å². The molecule has 0 aromatic heterocycles. The Morgan fingerprint density at radius 3 is 2.62 bits per heavy atom. The third-order valence-electron chi connectivity index (χ3n) is 3.56. The molecule has 0 atom stereocenters. The maximum Gasteiger partial charge on any atom is 0.231 e. The van der Waals surface area contributed by atoms with Gasteiger partial charge in [-0.15, -0.1) is 0 Å². The molecule has 0 amide bonds. The summed E-state index contributed by atoms with van der Waals surface area (Å²) < 4.78 is 19.3. The van der Waals surface area contributed by atoms with Gasteiger partial charge in [-0.1, -0.05) is 17.7 Å². The Balaban J connectivity index is 2.07. The van der Waals surface area contributed by atoms with E-state index in [0.717, 1.165) is 11.1 Å². The van der Waals surface area contributed by atoms with E-state index in [2.05, 4.69) is 0 Å². The number of Topliss-reactive ketones (excluding diaryl/α,β-unsaturated/α-hetero) is 1. The maximum atomic E-state index is 13.8. The van der Waals surface area contributed by atoms with Gasteiger partial charge in [-0.2, -0.15) is 0 Å². The fraction of sp³-hybridized carbons (Fsp3) is 0.118. The van der Waals surface area contributed by atoms with Crippen molar-refractivity contribution in [2.45, 2.75) is 13.8 Å². The van der Waals surface area contributed by atoms with Crippen LogP contribution < -0.4 is 4.74 Å². The number of rotatable bonds is 1. The van der Waals surface area contributed by atoms with E-state index >= 15 is 0 Å². The predicted octanol–water partition coefficient (Wildman–Crippen LogP) is 4.71. The Morgan fingerprint density at radius 1 is 1.19 bits per heavy atom. The number of fused-ring (bicyclic) bond motifs is 1. The van der Waals surface area contributed by atoms with Gasteiger partial charge in [0.1, 0.15) is 11.6 Å². The van der Waals surface area contributed by atoms with Crippen LogP contribution in [-0.4, -0.2) is 5.78 Å². The van der Waals surface area contributed by atoms with Crippen molar-refractivity contribution in [2.24, 2.45) is 0 Å². The standard InChI is InChI=1S/C17H12ClFO2/c1-9-6-12-15(7-10(9)2)21-16(17(12)20)8-11-13(18)4-3-5-14(11)19/h3-8H,1-2H3/b16-8-. The molecule has 0 bridgehead atoms. The van der Waals surface area contributed by atoms with Gasteiger partial charge in [0.15, 0.2) is 5.76 Å². The summed E-state index contributed by atoms with van der Waals surface area (Å²) in [5.41, 5.74) is 2.70. The molecule has 2 aromatic rings. The van der Waals surface area contributed by atoms with Gasteiger partial charge < -0.3 is 4.74 Å². The zero-order chi connectivity index (χ0) is 15.1. The zero-order valence-corrected chi connectivity index (χ0v) is 12.3. The summed E-state index contributed by atoms with van der Waals surface area (Å²) >= 11 is 5.97. The van der Waals surface area contributed by atoms with E-state index in [1.807, 2.05) is 19.9 Å². The first-order chi connectivity index (χ1) is 9.97. The second-order valence-corrected chi connectivity index (χ2v) is 5.41. The van der Waals surface area contributed by atoms with Crippen LogP contribution in [0.2, 0.25) is 5.02 Å². The minimum absolute atomic E-state index is 0.0852. The highest BCUT2D eigenvalue weighted by molar-refractivity contribution is 6.32. The topological polar surface area (TPSA) is 26.3 Å². The van der Waals surface area contributed by atoms with Gasteiger partial charge in [0.25, 0.3) is 0 Å². The van der Waals surface area contributed by atoms with Crippen molar-refractivity contribution in [1.82, 2.24) is 0 Å². The summed E-state index contributed by atoms with van der Waals surface area (Å²) in [6.45, 7) is 3.87. The van der Waals surface area contributed by atoms with Gasteiger partial charge in [-0.25, -0.2) is 4.39 Å². The third-order valence-corrected chi connectivity index (χ3v) is 3.89. The fourth-order valence-electron chi connectivity index (χ4n) is 2.22. The van der Waals surface area contributed by atoms with E-state index in [4.69, 9.17) is 16.3 Å². The molecular weight excluding hydrogens is 291 g/mol. The van der Waals surface area contributed by atoms with Crippen LogP contribution in [0.25, 0.3) is 6.08 Å². The minimum atomic E-state index is -0.491. The van der Waals surface area contributed by atoms with Crippen LogP contribution in [0.4, 0.5) is 4.39 Å². The van der Waals surface area contributed by atoms with Crippen LogP contribution in [0.15, 0.2) is 36.1 Å². The van der Waals surface area contributed by atoms with E-state index in [1.165, 1.54) is 18.2 Å². The summed E-state index contributed by atoms with van der Waals surface area (Å²) in [6.07, 6.45) is 1.35. The molecule has 0 unspecified atom stereocenters. The molecule has 4 heteroatoms. The average molecular weight is 303 g/mol. The van der Waals surface area contributed by atoms with E-state index in [9.17, 15) is 9.18 Å². The zero-order valence-electron chi connectivity index (χ0n) is 11.5. The lowest BCUT2D eigenvalue weighted by Crippen LogP contribution is -1.99. The fourth-order valence-corrected chi connectivity index (χ4v) is 2.44. The number of aryl methyl sites for hydroxylation is 2. The Kier molecular flexibility index (Phi) is 3.30. The number of ketones is 1. The number of allylic oxidation sites excluding steroid dienone is 1. The number of hydrogen-bond acceptors (Lipinski definition) is 2. The van der Waals surface area contributed by atoms with Crippen molar-refractivity contribution in [1.29, 1.82) is 0 Å². The van der Waals surface area contributed by atoms with E-state index < -0.39 is 5.82 Å². The Labute approximate surface area is 126 Å². The second-order valence-electron chi connectivity index (χ2n) is 5.01. The predicted molar refractivity (Wildman–Crippen MR) is 80.3 cm³/mol. The first kappa shape index (κ1) is 13.8. The summed E-state index contributed by atoms with van der Waals surface area (Å²) in [5, 5.41) is 0.238. The molecule has 2 nitrogen and oxygen atoms in total. The molecule has 0 saturated carbocycles. The number of carbonyl (C=O) groups excluding carboxylic acids is 1. The summed E-state index contributed by atoms with van der Waals surface area (Å²) in [4.78, 5) is 12.3. The molecule has 0 N–H and O–H groups in total. The highest BCUT2D eigenvalue weighted by Crippen LogP contribution is 2.35. The number of benzene rings is 2. The molecule has 0 fully saturated rings. The van der Waals surface area contributed by atoms with Crippen LogP contribution in [0.1, 0.15) is 27.0 Å². The van der Waals surface area contributed by atoms with Crippen molar-refractivity contribution in [3.63, 3.8) is 0 Å². The Hall–Kier alpha value is -2.13. The molecular formula is C17H12ClFO2. The summed E-state index contributed by atoms with van der Waals surface area (Å²) in [7, 11) is 0. The van der Waals surface area contributed by atoms with Gasteiger partial charge in [-0.05, 0) is 55.3 Å². The molecule has 1 heterocycles. The highest BCUT2D eigenvalue weighted by Gasteiger charge is 2.28. The molecule has 1 aliphatic rings. The van der Waals surface area contributed by atoms with Gasteiger partial charge in [0.2, 0.25) is 5.78 Å². The summed E-state index contributed by atoms with van der Waals surface area (Å²) in [6, 6.07) is 7.97. The normalized spacial score (nSPS) is 15.2. The molecule has 0 radical (unpaired) electrons. The lowest BCUT2D eigenvalue weighted by atomic mass is 10.0. The van der Waals surface area contributed by atoms with E-state index in [1.54, 1.807) is 12.1 Å². The SMILES string of the molecule is Cc1cc2c(cc1C)C(=O)/C(=C/c1c(F)cccc1Cl)O2. The van der Waals surface area contributed by atoms with Crippen LogP contribution in [0.3, 0.4) is 0 Å². The van der Waals surface area contributed by atoms with Gasteiger partial charge in [-0.3, -0.25) is 4.79 Å². The van der Waals surface area contributed by atoms with Crippen LogP contribution in [0.5, 0.6) is 5.75 Å². The molecule has 21 heavy (non-hydrogen) atoms. The molecule has 0 aliphatic carbocycles. The third kappa shape index (κ3) is 2.34. The molecule has 0 saturated heterocycles. The molecule has 2 aromatic carbocycles. The summed E-state index contributed by atoms with van der Waals surface area (Å²) in [5.74, 6) is -0.161. The van der Waals surface area contributed by atoms with Crippen molar-refractivity contribution in [3.8, 4) is 5.75 Å². The second kappa shape index (κ2) is 5.01. The number of ether oxygens (including phenoxy) is 1. The Bertz CT molecular complexity index is 773. The van der Waals surface area contributed by atoms with Crippen LogP contribution >= 0.6 is 11.6 Å². The first-order valence-corrected chi connectivity index (χ1v) is 6.84. The first-order valence-electron chi connectivity index (χ1n) is 6.47. The molecule has 3 rings (SSSR count). The van der Waals surface area contributed by atoms with Gasteiger partial charge in [0.05, 0.1) is 10.6 Å². The lowest BCUT2D eigenvalue weighted by molar-refractivity contribution is 0.101. The van der Waals surface area contributed by atoms with Crippen LogP contribution in [-0.2, 0) is 0 Å². The Morgan fingerprint density at radius 2 is 1.90 bits per heavy atom. The molecule has 0 spiro atoms. The maximum absolute atomic E-state index is 13.8. The van der Waals surface area contributed by atoms with Gasteiger partial charge in [0, 0.05) is 5.56 Å². The smallest absolute Gasteiger partial charge is 0.231 e. The van der Waals surface area contributed by atoms with E-state index in [-0.39, 0.29) is 22.1 Å². The largest absolute Gasteiger partial charge is 0.452 e. The average Bonchev–Trinajstić information content (AvgIpc) is 2.72. The lowest BCUT2D eigenvalue weighted by Gasteiger charge is -2.03. The van der Waals surface area contributed by atoms with E-state index in [0.29, 0.717) is 11.3 Å². The number of halogens is 2. The number of carbonyl (C=O) groups is 1. The van der Waals surface area contributed by atoms with Crippen molar-refractivity contribution >= 4 is 23.5 Å². The van der Waals surface area contributed by atoms with Crippen molar-refractivity contribution in [3.05, 3.63) is 69.2 Å². The quantitative estimate of drug-likeness (QED) is 0.713. The molecule has 1 aliphatic heterocycles. The van der Waals surface area contributed by atoms with Crippen molar-refractivity contribution in [2.75, 3.05) is 0 Å². The number of hydrogen-bond donors (Lipinski definition) is 0. The van der Waals surface area contributed by atoms with Crippen molar-refractivity contribution < 1.29 is 13.9 Å². The van der Waals surface area contributed by atoms with Gasteiger partial charge >= 0.3 is 0 Å². The monoisotopic (exact) mass is 302 g/mol. The minimum Gasteiger partial charge on any atom is -0.452 e. The highest BCUT2D eigenvalue weighted by atomic mass is 35.5.